The molecule has 0 amide bonds. The van der Waals surface area contributed by atoms with Crippen LogP contribution in [0.1, 0.15) is 25.8 Å². The summed E-state index contributed by atoms with van der Waals surface area (Å²) in [6.45, 7) is 5.43. The summed E-state index contributed by atoms with van der Waals surface area (Å²) >= 11 is 0. The molecular formula is C14H22FN3O. The van der Waals surface area contributed by atoms with Crippen LogP contribution in [0.5, 0.6) is 0 Å². The number of rotatable bonds is 6. The molecule has 3 N–H and O–H groups in total. The van der Waals surface area contributed by atoms with Gasteiger partial charge in [-0.3, -0.25) is 0 Å². The second-order valence-corrected chi connectivity index (χ2v) is 5.48. The van der Waals surface area contributed by atoms with Crippen LogP contribution in [0.15, 0.2) is 29.4 Å². The minimum absolute atomic E-state index is 0.223. The van der Waals surface area contributed by atoms with Gasteiger partial charge in [0.1, 0.15) is 11.7 Å². The molecule has 0 atom stereocenters. The highest BCUT2D eigenvalue weighted by molar-refractivity contribution is 5.85. The van der Waals surface area contributed by atoms with Gasteiger partial charge in [0.15, 0.2) is 0 Å². The lowest BCUT2D eigenvalue weighted by Crippen LogP contribution is -2.35. The smallest absolute Gasteiger partial charge is 0.144 e. The average Bonchev–Trinajstić information content (AvgIpc) is 2.38. The molecule has 1 rings (SSSR count). The van der Waals surface area contributed by atoms with Crippen molar-refractivity contribution in [2.24, 2.45) is 16.3 Å². The molecular weight excluding hydrogens is 245 g/mol. The predicted octanol–water partition coefficient (Wildman–Crippen LogP) is 2.42. The van der Waals surface area contributed by atoms with Gasteiger partial charge in [0.2, 0.25) is 0 Å². The molecule has 0 unspecified atom stereocenters. The zero-order valence-electron chi connectivity index (χ0n) is 11.7. The Morgan fingerprint density at radius 1 is 1.37 bits per heavy atom. The fraction of sp³-hybridized carbons (Fsp3) is 0.500. The molecule has 0 aliphatic carbocycles. The van der Waals surface area contributed by atoms with E-state index in [4.69, 9.17) is 10.9 Å². The third-order valence-corrected chi connectivity index (χ3v) is 3.29. The fourth-order valence-corrected chi connectivity index (χ4v) is 1.71. The van der Waals surface area contributed by atoms with Crippen LogP contribution in [0, 0.1) is 11.2 Å². The molecule has 106 valence electrons. The van der Waals surface area contributed by atoms with Gasteiger partial charge in [0, 0.05) is 12.0 Å². The summed E-state index contributed by atoms with van der Waals surface area (Å²) in [5.41, 5.74) is 6.37. The molecule has 1 aromatic rings. The first-order valence-electron chi connectivity index (χ1n) is 6.26. The Hall–Kier alpha value is -1.62. The second kappa shape index (κ2) is 6.52. The van der Waals surface area contributed by atoms with Crippen molar-refractivity contribution >= 4 is 5.84 Å². The van der Waals surface area contributed by atoms with Crippen molar-refractivity contribution in [3.8, 4) is 0 Å². The van der Waals surface area contributed by atoms with Crippen LogP contribution < -0.4 is 5.73 Å². The first-order valence-corrected chi connectivity index (χ1v) is 6.26. The van der Waals surface area contributed by atoms with Crippen LogP contribution in [0.4, 0.5) is 4.39 Å². The Morgan fingerprint density at radius 2 is 1.95 bits per heavy atom. The monoisotopic (exact) mass is 267 g/mol. The molecule has 0 aliphatic rings. The van der Waals surface area contributed by atoms with Crippen LogP contribution >= 0.6 is 0 Å². The highest BCUT2D eigenvalue weighted by Crippen LogP contribution is 2.21. The van der Waals surface area contributed by atoms with E-state index in [-0.39, 0.29) is 17.1 Å². The molecule has 0 radical (unpaired) electrons. The number of oxime groups is 1. The van der Waals surface area contributed by atoms with E-state index in [1.54, 1.807) is 12.1 Å². The van der Waals surface area contributed by atoms with Crippen molar-refractivity contribution in [2.75, 3.05) is 13.6 Å². The lowest BCUT2D eigenvalue weighted by molar-refractivity contribution is 0.272. The molecule has 4 nitrogen and oxygen atoms in total. The number of hydrogen-bond acceptors (Lipinski definition) is 3. The number of nitrogens with zero attached hydrogens (tertiary/aromatic N) is 2. The summed E-state index contributed by atoms with van der Waals surface area (Å²) in [5.74, 6) is 0.0159. The minimum Gasteiger partial charge on any atom is -0.409 e. The van der Waals surface area contributed by atoms with Gasteiger partial charge in [-0.05, 0) is 37.7 Å². The van der Waals surface area contributed by atoms with E-state index in [9.17, 15) is 4.39 Å². The third-order valence-electron chi connectivity index (χ3n) is 3.29. The predicted molar refractivity (Wildman–Crippen MR) is 74.5 cm³/mol. The van der Waals surface area contributed by atoms with E-state index in [1.807, 2.05) is 20.9 Å². The third kappa shape index (κ3) is 4.87. The van der Waals surface area contributed by atoms with Crippen molar-refractivity contribution in [2.45, 2.75) is 26.8 Å². The lowest BCUT2D eigenvalue weighted by atomic mass is 9.88. The van der Waals surface area contributed by atoms with Gasteiger partial charge in [0.05, 0.1) is 0 Å². The first-order chi connectivity index (χ1) is 8.85. The Bertz CT molecular complexity index is 429. The molecule has 0 aromatic heterocycles. The average molecular weight is 267 g/mol. The highest BCUT2D eigenvalue weighted by atomic mass is 19.1. The van der Waals surface area contributed by atoms with Crippen molar-refractivity contribution in [1.29, 1.82) is 0 Å². The van der Waals surface area contributed by atoms with E-state index in [0.717, 1.165) is 25.1 Å². The summed E-state index contributed by atoms with van der Waals surface area (Å²) in [6, 6.07) is 6.48. The van der Waals surface area contributed by atoms with Gasteiger partial charge in [-0.25, -0.2) is 4.39 Å². The van der Waals surface area contributed by atoms with Crippen molar-refractivity contribution in [1.82, 2.24) is 4.90 Å². The fourth-order valence-electron chi connectivity index (χ4n) is 1.71. The first kappa shape index (κ1) is 15.4. The number of amidine groups is 1. The second-order valence-electron chi connectivity index (χ2n) is 5.48. The number of halogens is 1. The molecule has 0 aliphatic heterocycles. The zero-order chi connectivity index (χ0) is 14.5. The van der Waals surface area contributed by atoms with E-state index >= 15 is 0 Å². The minimum atomic E-state index is -0.341. The SMILES string of the molecule is CN(CCC(C)(C)C(N)=NO)Cc1ccc(F)cc1. The number of nitrogens with two attached hydrogens (primary N) is 1. The van der Waals surface area contributed by atoms with Crippen LogP contribution in [0.3, 0.4) is 0 Å². The topological polar surface area (TPSA) is 61.8 Å². The van der Waals surface area contributed by atoms with Crippen LogP contribution in [0.2, 0.25) is 0 Å². The molecule has 5 heteroatoms. The highest BCUT2D eigenvalue weighted by Gasteiger charge is 2.23. The van der Waals surface area contributed by atoms with Gasteiger partial charge in [-0.15, -0.1) is 0 Å². The quantitative estimate of drug-likeness (QED) is 0.360. The summed E-state index contributed by atoms with van der Waals surface area (Å²) < 4.78 is 12.8. The Kier molecular flexibility index (Phi) is 5.30. The Labute approximate surface area is 113 Å². The standard InChI is InChI=1S/C14H22FN3O/c1-14(2,13(16)17-19)8-9-18(3)10-11-4-6-12(15)7-5-11/h4-7,19H,8-10H2,1-3H3,(H2,16,17). The van der Waals surface area contributed by atoms with Gasteiger partial charge < -0.3 is 15.8 Å². The maximum absolute atomic E-state index is 12.8. The summed E-state index contributed by atoms with van der Waals surface area (Å²) in [4.78, 5) is 2.12. The molecule has 1 aromatic carbocycles. The molecule has 0 heterocycles. The summed E-state index contributed by atoms with van der Waals surface area (Å²) in [5, 5.41) is 11.8. The van der Waals surface area contributed by atoms with E-state index in [2.05, 4.69) is 10.1 Å². The molecule has 0 spiro atoms. The molecule has 0 bridgehead atoms. The maximum Gasteiger partial charge on any atom is 0.144 e. The van der Waals surface area contributed by atoms with Crippen LogP contribution in [-0.2, 0) is 6.54 Å². The Balaban J connectivity index is 2.48. The van der Waals surface area contributed by atoms with Gasteiger partial charge in [-0.1, -0.05) is 31.1 Å². The molecule has 19 heavy (non-hydrogen) atoms. The van der Waals surface area contributed by atoms with Crippen LogP contribution in [-0.4, -0.2) is 29.5 Å². The molecule has 0 saturated carbocycles. The van der Waals surface area contributed by atoms with E-state index in [1.165, 1.54) is 12.1 Å². The van der Waals surface area contributed by atoms with E-state index in [0.29, 0.717) is 0 Å². The largest absolute Gasteiger partial charge is 0.409 e. The van der Waals surface area contributed by atoms with Crippen LogP contribution in [0.25, 0.3) is 0 Å². The maximum atomic E-state index is 12.8. The number of hydrogen-bond donors (Lipinski definition) is 2. The zero-order valence-corrected chi connectivity index (χ0v) is 11.7. The van der Waals surface area contributed by atoms with E-state index < -0.39 is 0 Å². The van der Waals surface area contributed by atoms with Crippen molar-refractivity contribution in [3.05, 3.63) is 35.6 Å². The molecule has 0 fully saturated rings. The lowest BCUT2D eigenvalue weighted by Gasteiger charge is -2.26. The van der Waals surface area contributed by atoms with Crippen molar-refractivity contribution < 1.29 is 9.60 Å². The summed E-state index contributed by atoms with van der Waals surface area (Å²) in [7, 11) is 1.99. The van der Waals surface area contributed by atoms with Gasteiger partial charge >= 0.3 is 0 Å². The van der Waals surface area contributed by atoms with Gasteiger partial charge in [0.25, 0.3) is 0 Å². The number of benzene rings is 1. The Morgan fingerprint density at radius 3 is 2.47 bits per heavy atom. The summed E-state index contributed by atoms with van der Waals surface area (Å²) in [6.07, 6.45) is 0.778. The van der Waals surface area contributed by atoms with Gasteiger partial charge in [-0.2, -0.15) is 0 Å². The normalized spacial score (nSPS) is 13.0. The molecule has 0 saturated heterocycles. The van der Waals surface area contributed by atoms with Crippen molar-refractivity contribution in [3.63, 3.8) is 0 Å².